The SMILES string of the molecule is Cc1c(Cl)nc(CCN(C)C)nc1Cl. The smallest absolute Gasteiger partial charge is 0.137 e. The van der Waals surface area contributed by atoms with Gasteiger partial charge in [-0.3, -0.25) is 0 Å². The Hall–Kier alpha value is -0.380. The van der Waals surface area contributed by atoms with E-state index in [4.69, 9.17) is 23.2 Å². The number of halogens is 2. The maximum atomic E-state index is 5.89. The van der Waals surface area contributed by atoms with Gasteiger partial charge in [0.05, 0.1) is 0 Å². The summed E-state index contributed by atoms with van der Waals surface area (Å²) < 4.78 is 0. The van der Waals surface area contributed by atoms with Gasteiger partial charge in [-0.2, -0.15) is 0 Å². The molecule has 0 aliphatic rings. The topological polar surface area (TPSA) is 29.0 Å². The van der Waals surface area contributed by atoms with Crippen LogP contribution < -0.4 is 0 Å². The van der Waals surface area contributed by atoms with Gasteiger partial charge in [-0.05, 0) is 21.0 Å². The van der Waals surface area contributed by atoms with E-state index in [1.807, 2.05) is 14.1 Å². The van der Waals surface area contributed by atoms with Crippen LogP contribution in [0.15, 0.2) is 0 Å². The largest absolute Gasteiger partial charge is 0.309 e. The molecule has 1 aromatic rings. The standard InChI is InChI=1S/C9H13Cl2N3/c1-6-8(10)12-7(13-9(6)11)4-5-14(2)3/h4-5H2,1-3H3. The molecule has 14 heavy (non-hydrogen) atoms. The fraction of sp³-hybridized carbons (Fsp3) is 0.556. The molecule has 0 amide bonds. The number of likely N-dealkylation sites (N-methyl/N-ethyl adjacent to an activating group) is 1. The Labute approximate surface area is 94.1 Å². The Balaban J connectivity index is 2.79. The molecular formula is C9H13Cl2N3. The van der Waals surface area contributed by atoms with Crippen molar-refractivity contribution in [3.05, 3.63) is 21.7 Å². The van der Waals surface area contributed by atoms with Gasteiger partial charge in [0.25, 0.3) is 0 Å². The Kier molecular flexibility index (Phi) is 4.11. The highest BCUT2D eigenvalue weighted by Gasteiger charge is 2.07. The molecule has 0 aromatic carbocycles. The van der Waals surface area contributed by atoms with Crippen LogP contribution in [0.4, 0.5) is 0 Å². The van der Waals surface area contributed by atoms with Crippen molar-refractivity contribution in [2.45, 2.75) is 13.3 Å². The Morgan fingerprint density at radius 1 is 1.14 bits per heavy atom. The zero-order chi connectivity index (χ0) is 10.7. The van der Waals surface area contributed by atoms with Crippen LogP contribution in [0.1, 0.15) is 11.4 Å². The highest BCUT2D eigenvalue weighted by Crippen LogP contribution is 2.19. The lowest BCUT2D eigenvalue weighted by Gasteiger charge is -2.09. The predicted octanol–water partition coefficient (Wildman–Crippen LogP) is 2.20. The van der Waals surface area contributed by atoms with E-state index in [0.29, 0.717) is 16.1 Å². The quantitative estimate of drug-likeness (QED) is 0.750. The molecule has 0 atom stereocenters. The van der Waals surface area contributed by atoms with Gasteiger partial charge in [-0.1, -0.05) is 23.2 Å². The summed E-state index contributed by atoms with van der Waals surface area (Å²) in [5.74, 6) is 0.694. The lowest BCUT2D eigenvalue weighted by molar-refractivity contribution is 0.409. The molecule has 78 valence electrons. The molecule has 5 heteroatoms. The fourth-order valence-electron chi connectivity index (χ4n) is 0.940. The summed E-state index contributed by atoms with van der Waals surface area (Å²) in [6.45, 7) is 2.69. The number of hydrogen-bond acceptors (Lipinski definition) is 3. The van der Waals surface area contributed by atoms with Crippen LogP contribution in [0, 0.1) is 6.92 Å². The van der Waals surface area contributed by atoms with Crippen LogP contribution in [0.25, 0.3) is 0 Å². The fourth-order valence-corrected chi connectivity index (χ4v) is 1.36. The number of hydrogen-bond donors (Lipinski definition) is 0. The molecule has 0 spiro atoms. The van der Waals surface area contributed by atoms with E-state index < -0.39 is 0 Å². The highest BCUT2D eigenvalue weighted by atomic mass is 35.5. The first-order valence-corrected chi connectivity index (χ1v) is 5.09. The van der Waals surface area contributed by atoms with Crippen molar-refractivity contribution in [2.24, 2.45) is 0 Å². The summed E-state index contributed by atoms with van der Waals surface area (Å²) in [5.41, 5.74) is 0.738. The molecule has 0 unspecified atom stereocenters. The van der Waals surface area contributed by atoms with Crippen molar-refractivity contribution in [2.75, 3.05) is 20.6 Å². The average molecular weight is 234 g/mol. The molecule has 1 heterocycles. The van der Waals surface area contributed by atoms with Gasteiger partial charge in [0.1, 0.15) is 16.1 Å². The Morgan fingerprint density at radius 2 is 1.64 bits per heavy atom. The lowest BCUT2D eigenvalue weighted by Crippen LogP contribution is -2.16. The van der Waals surface area contributed by atoms with Gasteiger partial charge >= 0.3 is 0 Å². The third-order valence-corrected chi connectivity index (χ3v) is 2.59. The number of rotatable bonds is 3. The molecule has 0 bridgehead atoms. The van der Waals surface area contributed by atoms with Crippen LogP contribution in [-0.2, 0) is 6.42 Å². The van der Waals surface area contributed by atoms with E-state index in [1.165, 1.54) is 0 Å². The van der Waals surface area contributed by atoms with Crippen molar-refractivity contribution in [3.8, 4) is 0 Å². The van der Waals surface area contributed by atoms with Crippen molar-refractivity contribution in [1.82, 2.24) is 14.9 Å². The van der Waals surface area contributed by atoms with E-state index in [9.17, 15) is 0 Å². The predicted molar refractivity (Wildman–Crippen MR) is 59.0 cm³/mol. The molecule has 0 aliphatic carbocycles. The molecule has 0 radical (unpaired) electrons. The molecule has 1 rings (SSSR count). The van der Waals surface area contributed by atoms with Crippen LogP contribution in [-0.4, -0.2) is 35.5 Å². The van der Waals surface area contributed by atoms with Gasteiger partial charge in [0.2, 0.25) is 0 Å². The molecule has 0 saturated heterocycles. The molecule has 0 fully saturated rings. The first-order chi connectivity index (χ1) is 6.50. The van der Waals surface area contributed by atoms with E-state index in [1.54, 1.807) is 6.92 Å². The van der Waals surface area contributed by atoms with Gasteiger partial charge in [0, 0.05) is 18.5 Å². The molecule has 1 aromatic heterocycles. The second-order valence-corrected chi connectivity index (χ2v) is 4.12. The van der Waals surface area contributed by atoms with Crippen LogP contribution in [0.2, 0.25) is 10.3 Å². The van der Waals surface area contributed by atoms with E-state index >= 15 is 0 Å². The van der Waals surface area contributed by atoms with Crippen molar-refractivity contribution in [1.29, 1.82) is 0 Å². The molecule has 3 nitrogen and oxygen atoms in total. The van der Waals surface area contributed by atoms with Crippen molar-refractivity contribution in [3.63, 3.8) is 0 Å². The molecule has 0 N–H and O–H groups in total. The third kappa shape index (κ3) is 3.08. The summed E-state index contributed by atoms with van der Waals surface area (Å²) in [6, 6.07) is 0. The average Bonchev–Trinajstić information content (AvgIpc) is 2.10. The molecule has 0 saturated carbocycles. The second-order valence-electron chi connectivity index (χ2n) is 3.40. The van der Waals surface area contributed by atoms with Crippen LogP contribution in [0.3, 0.4) is 0 Å². The zero-order valence-corrected chi connectivity index (χ0v) is 10.0. The Morgan fingerprint density at radius 3 is 2.07 bits per heavy atom. The van der Waals surface area contributed by atoms with Gasteiger partial charge in [0.15, 0.2) is 0 Å². The van der Waals surface area contributed by atoms with Crippen LogP contribution in [0.5, 0.6) is 0 Å². The number of nitrogens with zero attached hydrogens (tertiary/aromatic N) is 3. The summed E-state index contributed by atoms with van der Waals surface area (Å²) in [4.78, 5) is 10.4. The van der Waals surface area contributed by atoms with Gasteiger partial charge < -0.3 is 4.90 Å². The molecule has 0 aliphatic heterocycles. The Bertz CT molecular complexity index is 303. The maximum absolute atomic E-state index is 5.89. The monoisotopic (exact) mass is 233 g/mol. The minimum Gasteiger partial charge on any atom is -0.309 e. The third-order valence-electron chi connectivity index (χ3n) is 1.86. The maximum Gasteiger partial charge on any atom is 0.137 e. The summed E-state index contributed by atoms with van der Waals surface area (Å²) in [5, 5.41) is 0.887. The first kappa shape index (κ1) is 11.7. The highest BCUT2D eigenvalue weighted by molar-refractivity contribution is 6.34. The van der Waals surface area contributed by atoms with E-state index in [2.05, 4.69) is 14.9 Å². The second kappa shape index (κ2) is 4.91. The van der Waals surface area contributed by atoms with Gasteiger partial charge in [-0.25, -0.2) is 9.97 Å². The summed E-state index contributed by atoms with van der Waals surface area (Å²) >= 11 is 11.8. The van der Waals surface area contributed by atoms with Gasteiger partial charge in [-0.15, -0.1) is 0 Å². The van der Waals surface area contributed by atoms with E-state index in [0.717, 1.165) is 18.5 Å². The normalized spacial score (nSPS) is 11.0. The van der Waals surface area contributed by atoms with Crippen molar-refractivity contribution < 1.29 is 0 Å². The number of aromatic nitrogens is 2. The van der Waals surface area contributed by atoms with Crippen LogP contribution >= 0.6 is 23.2 Å². The zero-order valence-electron chi connectivity index (χ0n) is 8.51. The minimum atomic E-state index is 0.443. The van der Waals surface area contributed by atoms with E-state index in [-0.39, 0.29) is 0 Å². The first-order valence-electron chi connectivity index (χ1n) is 4.34. The lowest BCUT2D eigenvalue weighted by atomic mass is 10.3. The summed E-state index contributed by atoms with van der Waals surface area (Å²) in [6.07, 6.45) is 0.757. The minimum absolute atomic E-state index is 0.443. The molecular weight excluding hydrogens is 221 g/mol. The van der Waals surface area contributed by atoms with Crippen molar-refractivity contribution >= 4 is 23.2 Å². The summed E-state index contributed by atoms with van der Waals surface area (Å²) in [7, 11) is 3.99.